The highest BCUT2D eigenvalue weighted by Gasteiger charge is 2.14. The van der Waals surface area contributed by atoms with Gasteiger partial charge in [0.25, 0.3) is 0 Å². The van der Waals surface area contributed by atoms with Gasteiger partial charge in [-0.15, -0.1) is 10.2 Å². The Morgan fingerprint density at radius 1 is 1.44 bits per heavy atom. The van der Waals surface area contributed by atoms with Crippen LogP contribution < -0.4 is 10.2 Å². The van der Waals surface area contributed by atoms with E-state index < -0.39 is 7.12 Å². The summed E-state index contributed by atoms with van der Waals surface area (Å²) in [6.07, 6.45) is 0. The van der Waals surface area contributed by atoms with E-state index >= 15 is 0 Å². The lowest BCUT2D eigenvalue weighted by molar-refractivity contribution is 0.410. The molecule has 0 unspecified atom stereocenters. The van der Waals surface area contributed by atoms with Crippen LogP contribution in [-0.2, 0) is 5.75 Å². The zero-order valence-electron chi connectivity index (χ0n) is 9.61. The summed E-state index contributed by atoms with van der Waals surface area (Å²) in [7, 11) is 0.116. The number of thioether (sulfide) groups is 1. The molecule has 0 aliphatic heterocycles. The first kappa shape index (κ1) is 13.3. The van der Waals surface area contributed by atoms with Crippen molar-refractivity contribution in [2.24, 2.45) is 0 Å². The van der Waals surface area contributed by atoms with E-state index in [0.717, 1.165) is 15.7 Å². The van der Waals surface area contributed by atoms with Gasteiger partial charge in [-0.05, 0) is 11.5 Å². The lowest BCUT2D eigenvalue weighted by atomic mass is 9.79. The number of aromatic nitrogens is 2. The van der Waals surface area contributed by atoms with E-state index in [1.807, 2.05) is 0 Å². The Labute approximate surface area is 113 Å². The highest BCUT2D eigenvalue weighted by molar-refractivity contribution is 8.00. The van der Waals surface area contributed by atoms with Gasteiger partial charge in [0.05, 0.1) is 7.11 Å². The Balaban J connectivity index is 2.16. The third kappa shape index (κ3) is 3.23. The first-order valence-electron chi connectivity index (χ1n) is 5.12. The number of hydrogen-bond donors (Lipinski definition) is 2. The fourth-order valence-corrected chi connectivity index (χ4v) is 2.90. The molecular weight excluding hydrogens is 271 g/mol. The SMILES string of the molecule is COc1ccc(B(O)O)cc1CSc1nncs1. The standard InChI is InChI=1S/C10H11BN2O3S2/c1-16-9-3-2-8(11(14)15)4-7(9)5-17-10-13-12-6-18-10/h2-4,6,14-15H,5H2,1H3. The van der Waals surface area contributed by atoms with Crippen LogP contribution in [0.4, 0.5) is 0 Å². The molecule has 8 heteroatoms. The van der Waals surface area contributed by atoms with Crippen molar-refractivity contribution in [3.8, 4) is 5.75 Å². The van der Waals surface area contributed by atoms with Crippen molar-refractivity contribution in [2.45, 2.75) is 10.1 Å². The monoisotopic (exact) mass is 282 g/mol. The topological polar surface area (TPSA) is 75.5 Å². The quantitative estimate of drug-likeness (QED) is 0.615. The Hall–Kier alpha value is -1.09. The number of ether oxygens (including phenoxy) is 1. The van der Waals surface area contributed by atoms with Crippen LogP contribution in [0.2, 0.25) is 0 Å². The molecule has 0 amide bonds. The normalized spacial score (nSPS) is 10.4. The van der Waals surface area contributed by atoms with Gasteiger partial charge in [-0.2, -0.15) is 0 Å². The zero-order valence-corrected chi connectivity index (χ0v) is 11.2. The molecule has 94 valence electrons. The molecule has 0 radical (unpaired) electrons. The highest BCUT2D eigenvalue weighted by Crippen LogP contribution is 2.27. The van der Waals surface area contributed by atoms with Gasteiger partial charge in [-0.25, -0.2) is 0 Å². The van der Waals surface area contributed by atoms with Gasteiger partial charge >= 0.3 is 7.12 Å². The van der Waals surface area contributed by atoms with Crippen molar-refractivity contribution in [2.75, 3.05) is 7.11 Å². The smallest absolute Gasteiger partial charge is 0.488 e. The molecule has 0 fully saturated rings. The molecule has 0 spiro atoms. The van der Waals surface area contributed by atoms with Gasteiger partial charge in [-0.3, -0.25) is 0 Å². The lowest BCUT2D eigenvalue weighted by Gasteiger charge is -2.09. The van der Waals surface area contributed by atoms with Crippen molar-refractivity contribution in [3.63, 3.8) is 0 Å². The van der Waals surface area contributed by atoms with Crippen LogP contribution in [0, 0.1) is 0 Å². The van der Waals surface area contributed by atoms with E-state index in [0.29, 0.717) is 11.2 Å². The number of methoxy groups -OCH3 is 1. The number of nitrogens with zero attached hydrogens (tertiary/aromatic N) is 2. The Morgan fingerprint density at radius 3 is 2.89 bits per heavy atom. The predicted molar refractivity (Wildman–Crippen MR) is 72.3 cm³/mol. The number of hydrogen-bond acceptors (Lipinski definition) is 7. The lowest BCUT2D eigenvalue weighted by Crippen LogP contribution is -2.30. The van der Waals surface area contributed by atoms with Crippen LogP contribution in [0.3, 0.4) is 0 Å². The molecule has 0 atom stereocenters. The van der Waals surface area contributed by atoms with Crippen molar-refractivity contribution in [1.29, 1.82) is 0 Å². The summed E-state index contributed by atoms with van der Waals surface area (Å²) >= 11 is 3.00. The molecular formula is C10H11BN2O3S2. The maximum Gasteiger partial charge on any atom is 0.488 e. The van der Waals surface area contributed by atoms with E-state index in [4.69, 9.17) is 14.8 Å². The predicted octanol–water partition coefficient (Wildman–Crippen LogP) is 0.519. The zero-order chi connectivity index (χ0) is 13.0. The molecule has 2 rings (SSSR count). The first-order chi connectivity index (χ1) is 8.70. The summed E-state index contributed by atoms with van der Waals surface area (Å²) in [5.74, 6) is 1.36. The van der Waals surface area contributed by atoms with E-state index in [2.05, 4.69) is 10.2 Å². The molecule has 18 heavy (non-hydrogen) atoms. The van der Waals surface area contributed by atoms with E-state index in [9.17, 15) is 0 Å². The first-order valence-corrected chi connectivity index (χ1v) is 6.99. The highest BCUT2D eigenvalue weighted by atomic mass is 32.2. The van der Waals surface area contributed by atoms with Crippen LogP contribution in [-0.4, -0.2) is 34.5 Å². The van der Waals surface area contributed by atoms with Crippen LogP contribution in [0.1, 0.15) is 5.56 Å². The number of benzene rings is 1. The Kier molecular flexibility index (Phi) is 4.59. The van der Waals surface area contributed by atoms with Crippen molar-refractivity contribution in [3.05, 3.63) is 29.3 Å². The maximum atomic E-state index is 9.15. The molecule has 2 N–H and O–H groups in total. The van der Waals surface area contributed by atoms with Gasteiger partial charge in [0.15, 0.2) is 4.34 Å². The average molecular weight is 282 g/mol. The molecule has 2 aromatic rings. The van der Waals surface area contributed by atoms with Crippen LogP contribution in [0.25, 0.3) is 0 Å². The molecule has 5 nitrogen and oxygen atoms in total. The van der Waals surface area contributed by atoms with Gasteiger partial charge in [0, 0.05) is 11.3 Å². The third-order valence-electron chi connectivity index (χ3n) is 2.29. The minimum atomic E-state index is -1.47. The summed E-state index contributed by atoms with van der Waals surface area (Å²) in [4.78, 5) is 0. The summed E-state index contributed by atoms with van der Waals surface area (Å²) in [5.41, 5.74) is 3.01. The largest absolute Gasteiger partial charge is 0.496 e. The molecule has 0 aliphatic rings. The molecule has 0 bridgehead atoms. The minimum absolute atomic E-state index is 0.448. The maximum absolute atomic E-state index is 9.15. The van der Waals surface area contributed by atoms with Gasteiger partial charge in [0.2, 0.25) is 0 Å². The fraction of sp³-hybridized carbons (Fsp3) is 0.200. The molecule has 1 heterocycles. The van der Waals surface area contributed by atoms with E-state index in [1.165, 1.54) is 23.1 Å². The second kappa shape index (κ2) is 6.19. The fourth-order valence-electron chi connectivity index (χ4n) is 1.44. The molecule has 0 aliphatic carbocycles. The summed E-state index contributed by atoms with van der Waals surface area (Å²) in [6.45, 7) is 0. The molecule has 0 saturated heterocycles. The molecule has 0 saturated carbocycles. The van der Waals surface area contributed by atoms with E-state index in [1.54, 1.807) is 30.8 Å². The minimum Gasteiger partial charge on any atom is -0.496 e. The summed E-state index contributed by atoms with van der Waals surface area (Å²) in [6, 6.07) is 5.07. The van der Waals surface area contributed by atoms with Crippen LogP contribution >= 0.6 is 23.1 Å². The van der Waals surface area contributed by atoms with Crippen LogP contribution in [0.15, 0.2) is 28.0 Å². The second-order valence-corrected chi connectivity index (χ2v) is 5.49. The van der Waals surface area contributed by atoms with Crippen molar-refractivity contribution < 1.29 is 14.8 Å². The third-order valence-corrected chi connectivity index (χ3v) is 4.20. The average Bonchev–Trinajstić information content (AvgIpc) is 2.89. The van der Waals surface area contributed by atoms with Crippen LogP contribution in [0.5, 0.6) is 5.75 Å². The van der Waals surface area contributed by atoms with Crippen molar-refractivity contribution >= 4 is 35.7 Å². The molecule has 1 aromatic heterocycles. The van der Waals surface area contributed by atoms with Gasteiger partial charge < -0.3 is 14.8 Å². The van der Waals surface area contributed by atoms with Crippen molar-refractivity contribution in [1.82, 2.24) is 10.2 Å². The van der Waals surface area contributed by atoms with Gasteiger partial charge in [-0.1, -0.05) is 35.2 Å². The summed E-state index contributed by atoms with van der Waals surface area (Å²) < 4.78 is 6.11. The van der Waals surface area contributed by atoms with E-state index in [-0.39, 0.29) is 0 Å². The second-order valence-electron chi connectivity index (χ2n) is 3.44. The molecule has 1 aromatic carbocycles. The Bertz CT molecular complexity index is 508. The van der Waals surface area contributed by atoms with Gasteiger partial charge in [0.1, 0.15) is 11.3 Å². The number of rotatable bonds is 5. The summed E-state index contributed by atoms with van der Waals surface area (Å²) in [5, 5.41) is 26.0. The Morgan fingerprint density at radius 2 is 2.28 bits per heavy atom.